The number of aliphatic hydroxyl groups excluding tert-OH is 1. The third kappa shape index (κ3) is 12.5. The molecule has 0 radical (unpaired) electrons. The maximum atomic E-state index is 13.6. The summed E-state index contributed by atoms with van der Waals surface area (Å²) in [5.41, 5.74) is 17.2. The monoisotopic (exact) mass is 744 g/mol. The maximum absolute atomic E-state index is 13.6. The number of fused-ring (bicyclic) bond motifs is 5. The van der Waals surface area contributed by atoms with E-state index in [1.54, 1.807) is 6.92 Å². The SMILES string of the molecule is CC(O)CN.NC1Cc2cc(ccc2OCc2ccccc2)-c2ccc(OCc3ccccc3)c(c2)C[C@@H](C(=O)OCc2ccccc2)NC(=O)CNC1=O. The van der Waals surface area contributed by atoms with Gasteiger partial charge < -0.3 is 41.4 Å². The van der Waals surface area contributed by atoms with E-state index < -0.39 is 29.9 Å². The smallest absolute Gasteiger partial charge is 0.329 e. The van der Waals surface area contributed by atoms with Gasteiger partial charge in [0.15, 0.2) is 0 Å². The van der Waals surface area contributed by atoms with E-state index >= 15 is 0 Å². The molecule has 0 spiro atoms. The molecular weight excluding hydrogens is 697 g/mol. The number of ether oxygens (including phenoxy) is 3. The van der Waals surface area contributed by atoms with Crippen molar-refractivity contribution in [2.24, 2.45) is 11.5 Å². The standard InChI is InChI=1S/C41H39N3O6.C3H9NO/c42-35-22-33-20-31(16-18-37(33)48-25-28-10-4-1-5-11-28)32-17-19-38(49-26-29-12-6-2-7-13-29)34(21-32)23-36(44-39(45)24-43-40(35)46)41(47)50-27-30-14-8-3-9-15-30;1-3(5)2-4/h1-21,35-36H,22-27,42H2,(H,43,46)(H,44,45);3,5H,2,4H2,1H3/t35?,36-;/m0./s1. The molecule has 55 heavy (non-hydrogen) atoms. The van der Waals surface area contributed by atoms with Crippen LogP contribution in [-0.2, 0) is 51.8 Å². The predicted molar refractivity (Wildman–Crippen MR) is 211 cm³/mol. The molecule has 6 rings (SSSR count). The fourth-order valence-electron chi connectivity index (χ4n) is 5.71. The van der Waals surface area contributed by atoms with Crippen molar-refractivity contribution in [2.45, 2.75) is 57.8 Å². The summed E-state index contributed by atoms with van der Waals surface area (Å²) in [5.74, 6) is -0.508. The highest BCUT2D eigenvalue weighted by Crippen LogP contribution is 2.32. The number of esters is 1. The van der Waals surface area contributed by atoms with Crippen LogP contribution < -0.4 is 31.6 Å². The lowest BCUT2D eigenvalue weighted by Gasteiger charge is -2.21. The molecule has 1 heterocycles. The van der Waals surface area contributed by atoms with Gasteiger partial charge in [0, 0.05) is 19.4 Å². The topological polar surface area (TPSA) is 175 Å². The quantitative estimate of drug-likeness (QED) is 0.128. The summed E-state index contributed by atoms with van der Waals surface area (Å²) in [6.07, 6.45) is -0.0871. The normalized spacial score (nSPS) is 16.1. The van der Waals surface area contributed by atoms with Gasteiger partial charge in [-0.2, -0.15) is 0 Å². The van der Waals surface area contributed by atoms with E-state index in [2.05, 4.69) is 10.6 Å². The molecule has 1 aliphatic heterocycles. The summed E-state index contributed by atoms with van der Waals surface area (Å²) < 4.78 is 18.2. The van der Waals surface area contributed by atoms with Crippen molar-refractivity contribution in [3.05, 3.63) is 155 Å². The van der Waals surface area contributed by atoms with E-state index in [9.17, 15) is 14.4 Å². The Hall–Kier alpha value is -6.01. The molecule has 286 valence electrons. The van der Waals surface area contributed by atoms with E-state index in [4.69, 9.17) is 30.8 Å². The Morgan fingerprint density at radius 3 is 1.65 bits per heavy atom. The number of amides is 2. The third-order valence-corrected chi connectivity index (χ3v) is 8.74. The van der Waals surface area contributed by atoms with Gasteiger partial charge in [-0.1, -0.05) is 103 Å². The molecular formula is C44H48N4O7. The average molecular weight is 745 g/mol. The second kappa shape index (κ2) is 20.4. The van der Waals surface area contributed by atoms with Crippen LogP contribution in [0.3, 0.4) is 0 Å². The maximum Gasteiger partial charge on any atom is 0.329 e. The van der Waals surface area contributed by atoms with Crippen LogP contribution in [0.2, 0.25) is 0 Å². The molecule has 4 bridgehead atoms. The number of benzene rings is 5. The van der Waals surface area contributed by atoms with E-state index in [0.29, 0.717) is 36.8 Å². The molecule has 2 unspecified atom stereocenters. The van der Waals surface area contributed by atoms with E-state index in [0.717, 1.165) is 33.4 Å². The zero-order valence-corrected chi connectivity index (χ0v) is 30.9. The van der Waals surface area contributed by atoms with E-state index in [1.165, 1.54) is 0 Å². The van der Waals surface area contributed by atoms with Gasteiger partial charge in [0.1, 0.15) is 37.4 Å². The highest BCUT2D eigenvalue weighted by molar-refractivity contribution is 5.90. The molecule has 5 aromatic carbocycles. The van der Waals surface area contributed by atoms with Gasteiger partial charge in [0.05, 0.1) is 18.7 Å². The Bertz CT molecular complexity index is 1990. The molecule has 3 atom stereocenters. The summed E-state index contributed by atoms with van der Waals surface area (Å²) in [6.45, 7) is 2.33. The minimum atomic E-state index is -1.07. The number of nitrogens with one attached hydrogen (secondary N) is 2. The summed E-state index contributed by atoms with van der Waals surface area (Å²) in [4.78, 5) is 39.8. The van der Waals surface area contributed by atoms with E-state index in [-0.39, 0.29) is 32.1 Å². The summed E-state index contributed by atoms with van der Waals surface area (Å²) in [6, 6.07) is 38.4. The Morgan fingerprint density at radius 2 is 1.18 bits per heavy atom. The number of rotatable bonds is 10. The van der Waals surface area contributed by atoms with Crippen LogP contribution >= 0.6 is 0 Å². The van der Waals surface area contributed by atoms with Crippen molar-refractivity contribution >= 4 is 17.8 Å². The van der Waals surface area contributed by atoms with Gasteiger partial charge >= 0.3 is 5.97 Å². The zero-order valence-electron chi connectivity index (χ0n) is 30.9. The molecule has 5 aromatic rings. The molecule has 11 heteroatoms. The lowest BCUT2D eigenvalue weighted by atomic mass is 9.95. The first-order chi connectivity index (χ1) is 26.7. The molecule has 0 aliphatic carbocycles. The molecule has 0 fully saturated rings. The van der Waals surface area contributed by atoms with Crippen molar-refractivity contribution in [3.63, 3.8) is 0 Å². The minimum absolute atomic E-state index is 0.0382. The van der Waals surface area contributed by atoms with Crippen molar-refractivity contribution in [2.75, 3.05) is 13.1 Å². The van der Waals surface area contributed by atoms with Crippen molar-refractivity contribution < 1.29 is 33.7 Å². The van der Waals surface area contributed by atoms with Gasteiger partial charge in [-0.05, 0) is 70.1 Å². The molecule has 11 nitrogen and oxygen atoms in total. The second-order valence-corrected chi connectivity index (χ2v) is 13.2. The number of carbonyl (C=O) groups excluding carboxylic acids is 3. The second-order valence-electron chi connectivity index (χ2n) is 13.2. The van der Waals surface area contributed by atoms with Crippen molar-refractivity contribution in [3.8, 4) is 22.6 Å². The fraction of sp³-hybridized carbons (Fsp3) is 0.250. The van der Waals surface area contributed by atoms with Crippen molar-refractivity contribution in [1.29, 1.82) is 0 Å². The predicted octanol–water partition coefficient (Wildman–Crippen LogP) is 4.61. The van der Waals surface area contributed by atoms with Crippen LogP contribution in [0.1, 0.15) is 34.7 Å². The van der Waals surface area contributed by atoms with Crippen LogP contribution in [0.25, 0.3) is 11.1 Å². The third-order valence-electron chi connectivity index (χ3n) is 8.74. The van der Waals surface area contributed by atoms with Crippen molar-refractivity contribution in [1.82, 2.24) is 10.6 Å². The largest absolute Gasteiger partial charge is 0.489 e. The zero-order chi connectivity index (χ0) is 39.0. The average Bonchev–Trinajstić information content (AvgIpc) is 3.21. The van der Waals surface area contributed by atoms with E-state index in [1.807, 2.05) is 127 Å². The van der Waals surface area contributed by atoms with Crippen LogP contribution in [0.5, 0.6) is 11.5 Å². The highest BCUT2D eigenvalue weighted by Gasteiger charge is 2.26. The lowest BCUT2D eigenvalue weighted by molar-refractivity contribution is -0.149. The highest BCUT2D eigenvalue weighted by atomic mass is 16.5. The Morgan fingerprint density at radius 1 is 0.727 bits per heavy atom. The molecule has 2 amide bonds. The lowest BCUT2D eigenvalue weighted by Crippen LogP contribution is -2.49. The number of nitrogens with two attached hydrogens (primary N) is 2. The summed E-state index contributed by atoms with van der Waals surface area (Å²) >= 11 is 0. The van der Waals surface area contributed by atoms with Gasteiger partial charge in [-0.15, -0.1) is 0 Å². The molecule has 0 aromatic heterocycles. The Kier molecular flexibility index (Phi) is 14.9. The van der Waals surface area contributed by atoms with Gasteiger partial charge in [-0.25, -0.2) is 4.79 Å². The van der Waals surface area contributed by atoms with Gasteiger partial charge in [0.25, 0.3) is 0 Å². The summed E-state index contributed by atoms with van der Waals surface area (Å²) in [7, 11) is 0. The number of carbonyl (C=O) groups is 3. The molecule has 0 saturated heterocycles. The molecule has 0 saturated carbocycles. The van der Waals surface area contributed by atoms with Crippen LogP contribution in [0, 0.1) is 0 Å². The Labute approximate surface area is 321 Å². The number of hydrogen-bond acceptors (Lipinski definition) is 9. The minimum Gasteiger partial charge on any atom is -0.489 e. The fourth-order valence-corrected chi connectivity index (χ4v) is 5.71. The molecule has 7 N–H and O–H groups in total. The van der Waals surface area contributed by atoms with Crippen LogP contribution in [-0.4, -0.2) is 54.2 Å². The first-order valence-electron chi connectivity index (χ1n) is 18.2. The number of hydrogen-bond donors (Lipinski definition) is 5. The first kappa shape index (κ1) is 40.2. The van der Waals surface area contributed by atoms with Crippen LogP contribution in [0.15, 0.2) is 127 Å². The Balaban J connectivity index is 0.00000109. The summed E-state index contributed by atoms with van der Waals surface area (Å²) in [5, 5.41) is 13.6. The van der Waals surface area contributed by atoms with Crippen LogP contribution in [0.4, 0.5) is 0 Å². The van der Waals surface area contributed by atoms with Gasteiger partial charge in [-0.3, -0.25) is 9.59 Å². The number of aliphatic hydroxyl groups is 1. The first-order valence-corrected chi connectivity index (χ1v) is 18.2. The molecule has 1 aliphatic rings. The van der Waals surface area contributed by atoms with Gasteiger partial charge in [0.2, 0.25) is 11.8 Å².